The second kappa shape index (κ2) is 6.11. The highest BCUT2D eigenvalue weighted by molar-refractivity contribution is 9.10. The number of carbonyl (C=O) groups is 1. The van der Waals surface area contributed by atoms with Crippen molar-refractivity contribution in [2.45, 2.75) is 32.7 Å². The Morgan fingerprint density at radius 2 is 2.04 bits per heavy atom. The number of amides is 1. The third kappa shape index (κ3) is 3.83. The monoisotopic (exact) mass is 375 g/mol. The first-order chi connectivity index (χ1) is 10.8. The number of halogens is 1. The third-order valence-electron chi connectivity index (χ3n) is 4.02. The van der Waals surface area contributed by atoms with Crippen LogP contribution in [0, 0.1) is 5.92 Å². The standard InChI is InChI=1S/C18H22BrN3O/c1-18(2,3)21-17(23)13-8-9-22(11-13)16-7-5-12-4-6-14(19)10-15(12)20-16/h4-7,10,13H,8-9,11H2,1-3H3,(H,21,23). The van der Waals surface area contributed by atoms with Crippen molar-refractivity contribution in [3.05, 3.63) is 34.8 Å². The van der Waals surface area contributed by atoms with E-state index in [4.69, 9.17) is 4.98 Å². The molecule has 1 aliphatic heterocycles. The van der Waals surface area contributed by atoms with Crippen LogP contribution in [0.15, 0.2) is 34.8 Å². The Morgan fingerprint density at radius 1 is 1.30 bits per heavy atom. The zero-order chi connectivity index (χ0) is 16.6. The van der Waals surface area contributed by atoms with Gasteiger partial charge in [0.2, 0.25) is 5.91 Å². The van der Waals surface area contributed by atoms with Crippen LogP contribution in [-0.4, -0.2) is 29.5 Å². The molecule has 0 bridgehead atoms. The lowest BCUT2D eigenvalue weighted by molar-refractivity contribution is -0.125. The lowest BCUT2D eigenvalue weighted by atomic mass is 10.0. The molecular weight excluding hydrogens is 354 g/mol. The zero-order valence-electron chi connectivity index (χ0n) is 13.8. The molecule has 0 spiro atoms. The average Bonchev–Trinajstić information content (AvgIpc) is 2.94. The van der Waals surface area contributed by atoms with E-state index in [1.165, 1.54) is 0 Å². The van der Waals surface area contributed by atoms with Gasteiger partial charge in [0, 0.05) is 28.5 Å². The summed E-state index contributed by atoms with van der Waals surface area (Å²) in [5.41, 5.74) is 0.789. The molecule has 0 radical (unpaired) electrons. The van der Waals surface area contributed by atoms with Crippen LogP contribution in [-0.2, 0) is 4.79 Å². The second-order valence-electron chi connectivity index (χ2n) is 7.18. The van der Waals surface area contributed by atoms with Crippen molar-refractivity contribution in [1.82, 2.24) is 10.3 Å². The molecule has 1 atom stereocenters. The van der Waals surface area contributed by atoms with Gasteiger partial charge in [0.1, 0.15) is 5.82 Å². The number of hydrogen-bond acceptors (Lipinski definition) is 3. The number of aromatic nitrogens is 1. The van der Waals surface area contributed by atoms with Crippen LogP contribution in [0.4, 0.5) is 5.82 Å². The molecule has 4 nitrogen and oxygen atoms in total. The quantitative estimate of drug-likeness (QED) is 0.869. The summed E-state index contributed by atoms with van der Waals surface area (Å²) in [7, 11) is 0. The minimum absolute atomic E-state index is 0.0363. The molecule has 2 heterocycles. The highest BCUT2D eigenvalue weighted by Gasteiger charge is 2.30. The first-order valence-corrected chi connectivity index (χ1v) is 8.74. The minimum Gasteiger partial charge on any atom is -0.356 e. The van der Waals surface area contributed by atoms with E-state index in [-0.39, 0.29) is 17.4 Å². The predicted octanol–water partition coefficient (Wildman–Crippen LogP) is 3.74. The highest BCUT2D eigenvalue weighted by Crippen LogP contribution is 2.26. The topological polar surface area (TPSA) is 45.2 Å². The van der Waals surface area contributed by atoms with Crippen molar-refractivity contribution in [3.8, 4) is 0 Å². The van der Waals surface area contributed by atoms with Gasteiger partial charge in [-0.05, 0) is 51.5 Å². The van der Waals surface area contributed by atoms with Crippen LogP contribution in [0.3, 0.4) is 0 Å². The molecule has 1 amide bonds. The number of pyridine rings is 1. The fourth-order valence-corrected chi connectivity index (χ4v) is 3.26. The van der Waals surface area contributed by atoms with Crippen LogP contribution in [0.1, 0.15) is 27.2 Å². The second-order valence-corrected chi connectivity index (χ2v) is 8.09. The Hall–Kier alpha value is -1.62. The molecule has 1 aromatic heterocycles. The summed E-state index contributed by atoms with van der Waals surface area (Å²) in [5.74, 6) is 1.12. The van der Waals surface area contributed by atoms with Gasteiger partial charge in [-0.1, -0.05) is 22.0 Å². The van der Waals surface area contributed by atoms with Crippen LogP contribution >= 0.6 is 15.9 Å². The summed E-state index contributed by atoms with van der Waals surface area (Å²) in [5, 5.41) is 4.20. The number of nitrogens with zero attached hydrogens (tertiary/aromatic N) is 2. The summed E-state index contributed by atoms with van der Waals surface area (Å²) in [6.45, 7) is 7.64. The van der Waals surface area contributed by atoms with E-state index in [9.17, 15) is 4.79 Å². The van der Waals surface area contributed by atoms with E-state index < -0.39 is 0 Å². The van der Waals surface area contributed by atoms with Crippen molar-refractivity contribution >= 4 is 38.6 Å². The minimum atomic E-state index is -0.183. The first-order valence-electron chi connectivity index (χ1n) is 7.95. The van der Waals surface area contributed by atoms with Gasteiger partial charge in [0.25, 0.3) is 0 Å². The Balaban J connectivity index is 1.75. The first kappa shape index (κ1) is 16.2. The maximum atomic E-state index is 12.3. The average molecular weight is 376 g/mol. The van der Waals surface area contributed by atoms with E-state index in [1.807, 2.05) is 39.0 Å². The summed E-state index contributed by atoms with van der Waals surface area (Å²) >= 11 is 3.49. The van der Waals surface area contributed by atoms with Crippen LogP contribution in [0.5, 0.6) is 0 Å². The Morgan fingerprint density at radius 3 is 2.78 bits per heavy atom. The van der Waals surface area contributed by atoms with E-state index >= 15 is 0 Å². The van der Waals surface area contributed by atoms with Gasteiger partial charge in [0.05, 0.1) is 11.4 Å². The fourth-order valence-electron chi connectivity index (χ4n) is 2.91. The van der Waals surface area contributed by atoms with Gasteiger partial charge >= 0.3 is 0 Å². The number of rotatable bonds is 2. The number of carbonyl (C=O) groups excluding carboxylic acids is 1. The number of nitrogens with one attached hydrogen (secondary N) is 1. The maximum Gasteiger partial charge on any atom is 0.225 e. The molecule has 3 rings (SSSR count). The van der Waals surface area contributed by atoms with Gasteiger partial charge in [-0.2, -0.15) is 0 Å². The van der Waals surface area contributed by atoms with E-state index in [1.54, 1.807) is 0 Å². The smallest absolute Gasteiger partial charge is 0.225 e. The Bertz CT molecular complexity index is 739. The highest BCUT2D eigenvalue weighted by atomic mass is 79.9. The Labute approximate surface area is 145 Å². The number of benzene rings is 1. The van der Waals surface area contributed by atoms with Crippen LogP contribution < -0.4 is 10.2 Å². The van der Waals surface area contributed by atoms with Gasteiger partial charge in [-0.3, -0.25) is 4.79 Å². The molecule has 1 saturated heterocycles. The van der Waals surface area contributed by atoms with Crippen molar-refractivity contribution in [2.75, 3.05) is 18.0 Å². The third-order valence-corrected chi connectivity index (χ3v) is 4.51. The largest absolute Gasteiger partial charge is 0.356 e. The van der Waals surface area contributed by atoms with E-state index in [2.05, 4.69) is 38.3 Å². The van der Waals surface area contributed by atoms with Gasteiger partial charge < -0.3 is 10.2 Å². The van der Waals surface area contributed by atoms with Crippen molar-refractivity contribution in [2.24, 2.45) is 5.92 Å². The van der Waals surface area contributed by atoms with Crippen molar-refractivity contribution < 1.29 is 4.79 Å². The molecule has 122 valence electrons. The fraction of sp³-hybridized carbons (Fsp3) is 0.444. The summed E-state index contributed by atoms with van der Waals surface area (Å²) in [6.07, 6.45) is 0.875. The molecule has 0 saturated carbocycles. The molecule has 1 fully saturated rings. The molecule has 1 aromatic carbocycles. The lowest BCUT2D eigenvalue weighted by Crippen LogP contribution is -2.44. The molecule has 1 aliphatic rings. The van der Waals surface area contributed by atoms with Gasteiger partial charge in [0.15, 0.2) is 0 Å². The molecule has 1 N–H and O–H groups in total. The van der Waals surface area contributed by atoms with Gasteiger partial charge in [-0.15, -0.1) is 0 Å². The van der Waals surface area contributed by atoms with Crippen molar-refractivity contribution in [3.63, 3.8) is 0 Å². The number of hydrogen-bond donors (Lipinski definition) is 1. The van der Waals surface area contributed by atoms with Gasteiger partial charge in [-0.25, -0.2) is 4.98 Å². The molecule has 1 unspecified atom stereocenters. The molecular formula is C18H22BrN3O. The predicted molar refractivity (Wildman–Crippen MR) is 97.7 cm³/mol. The normalized spacial score (nSPS) is 18.4. The maximum absolute atomic E-state index is 12.3. The molecule has 23 heavy (non-hydrogen) atoms. The summed E-state index contributed by atoms with van der Waals surface area (Å²) in [6, 6.07) is 10.2. The van der Waals surface area contributed by atoms with E-state index in [0.29, 0.717) is 0 Å². The van der Waals surface area contributed by atoms with E-state index in [0.717, 1.165) is 40.7 Å². The summed E-state index contributed by atoms with van der Waals surface area (Å²) in [4.78, 5) is 19.3. The zero-order valence-corrected chi connectivity index (χ0v) is 15.4. The lowest BCUT2D eigenvalue weighted by Gasteiger charge is -2.23. The number of anilines is 1. The summed E-state index contributed by atoms with van der Waals surface area (Å²) < 4.78 is 1.03. The molecule has 5 heteroatoms. The Kier molecular flexibility index (Phi) is 4.32. The van der Waals surface area contributed by atoms with Crippen LogP contribution in [0.25, 0.3) is 10.9 Å². The molecule has 0 aliphatic carbocycles. The molecule has 2 aromatic rings. The van der Waals surface area contributed by atoms with Crippen LogP contribution in [0.2, 0.25) is 0 Å². The van der Waals surface area contributed by atoms with Crippen molar-refractivity contribution in [1.29, 1.82) is 0 Å². The SMILES string of the molecule is CC(C)(C)NC(=O)C1CCN(c2ccc3ccc(Br)cc3n2)C1. The number of fused-ring (bicyclic) bond motifs is 1.